The van der Waals surface area contributed by atoms with Gasteiger partial charge in [-0.1, -0.05) is 0 Å². The van der Waals surface area contributed by atoms with Crippen molar-refractivity contribution in [1.82, 2.24) is 4.98 Å². The highest BCUT2D eigenvalue weighted by molar-refractivity contribution is 5.94. The number of aromatic nitrogens is 1. The third-order valence-electron chi connectivity index (χ3n) is 2.09. The monoisotopic (exact) mass is 191 g/mol. The largest absolute Gasteiger partial charge is 0.469 e. The van der Waals surface area contributed by atoms with Gasteiger partial charge in [0.2, 0.25) is 5.88 Å². The summed E-state index contributed by atoms with van der Waals surface area (Å²) in [6.07, 6.45) is 1.78. The Kier molecular flexibility index (Phi) is 2.04. The fourth-order valence-corrected chi connectivity index (χ4v) is 1.36. The van der Waals surface area contributed by atoms with Gasteiger partial charge in [-0.2, -0.15) is 0 Å². The number of ketones is 2. The van der Waals surface area contributed by atoms with Crippen LogP contribution < -0.4 is 4.74 Å². The maximum atomic E-state index is 11.1. The zero-order chi connectivity index (χ0) is 10.1. The maximum absolute atomic E-state index is 11.1. The lowest BCUT2D eigenvalue weighted by Crippen LogP contribution is -2.21. The minimum absolute atomic E-state index is 0.0139. The second kappa shape index (κ2) is 3.21. The molecule has 4 heteroatoms. The summed E-state index contributed by atoms with van der Waals surface area (Å²) in [5.74, 6) is 0.424. The molecule has 0 unspecified atom stereocenters. The van der Waals surface area contributed by atoms with Crippen molar-refractivity contribution in [3.8, 4) is 5.88 Å². The quantitative estimate of drug-likeness (QED) is 0.616. The van der Waals surface area contributed by atoms with Crippen LogP contribution in [-0.2, 0) is 11.2 Å². The van der Waals surface area contributed by atoms with Crippen LogP contribution in [0.5, 0.6) is 5.88 Å². The molecule has 2 heterocycles. The second-order valence-electron chi connectivity index (χ2n) is 3.25. The number of Topliss-reactive ketones (excluding diaryl/α,β-unsaturated/α-hetero) is 2. The topological polar surface area (TPSA) is 56.3 Å². The molecule has 0 amide bonds. The molecule has 0 fully saturated rings. The summed E-state index contributed by atoms with van der Waals surface area (Å²) < 4.78 is 5.10. The molecule has 14 heavy (non-hydrogen) atoms. The summed E-state index contributed by atoms with van der Waals surface area (Å²) in [5, 5.41) is 0. The van der Waals surface area contributed by atoms with Crippen molar-refractivity contribution in [3.05, 3.63) is 23.4 Å². The fraction of sp³-hybridized carbons (Fsp3) is 0.300. The van der Waals surface area contributed by atoms with Crippen LogP contribution in [0.4, 0.5) is 0 Å². The molecule has 4 nitrogen and oxygen atoms in total. The van der Waals surface area contributed by atoms with Gasteiger partial charge in [0.15, 0.2) is 11.6 Å². The van der Waals surface area contributed by atoms with Gasteiger partial charge in [0.1, 0.15) is 6.61 Å². The lowest BCUT2D eigenvalue weighted by Gasteiger charge is -2.14. The normalized spacial score (nSPS) is 14.5. The van der Waals surface area contributed by atoms with E-state index in [0.717, 1.165) is 0 Å². The average molecular weight is 191 g/mol. The summed E-state index contributed by atoms with van der Waals surface area (Å²) in [6, 6.07) is 1.67. The van der Waals surface area contributed by atoms with E-state index in [-0.39, 0.29) is 18.2 Å². The zero-order valence-electron chi connectivity index (χ0n) is 7.74. The van der Waals surface area contributed by atoms with Crippen molar-refractivity contribution in [2.45, 2.75) is 13.3 Å². The summed E-state index contributed by atoms with van der Waals surface area (Å²) in [5.41, 5.74) is 1.22. The Morgan fingerprint density at radius 1 is 1.57 bits per heavy atom. The van der Waals surface area contributed by atoms with Gasteiger partial charge in [0, 0.05) is 23.7 Å². The first-order valence-electron chi connectivity index (χ1n) is 4.31. The Balaban J connectivity index is 2.42. The van der Waals surface area contributed by atoms with Crippen LogP contribution in [0.1, 0.15) is 22.8 Å². The first kappa shape index (κ1) is 8.87. The van der Waals surface area contributed by atoms with Crippen LogP contribution in [-0.4, -0.2) is 23.2 Å². The minimum atomic E-state index is -0.0571. The molecule has 72 valence electrons. The predicted molar refractivity (Wildman–Crippen MR) is 48.4 cm³/mol. The molecule has 2 rings (SSSR count). The van der Waals surface area contributed by atoms with Gasteiger partial charge in [-0.3, -0.25) is 9.59 Å². The summed E-state index contributed by atoms with van der Waals surface area (Å²) in [7, 11) is 0. The predicted octanol–water partition coefficient (Wildman–Crippen LogP) is 0.788. The van der Waals surface area contributed by atoms with Gasteiger partial charge in [-0.05, 0) is 13.0 Å². The fourth-order valence-electron chi connectivity index (χ4n) is 1.36. The van der Waals surface area contributed by atoms with Crippen molar-refractivity contribution in [3.63, 3.8) is 0 Å². The van der Waals surface area contributed by atoms with Crippen molar-refractivity contribution >= 4 is 11.6 Å². The Labute approximate surface area is 80.9 Å². The third kappa shape index (κ3) is 1.51. The molecule has 0 spiro atoms. The van der Waals surface area contributed by atoms with Gasteiger partial charge in [0.25, 0.3) is 0 Å². The lowest BCUT2D eigenvalue weighted by molar-refractivity contribution is -0.121. The highest BCUT2D eigenvalue weighted by atomic mass is 16.5. The number of carbonyl (C=O) groups is 2. The highest BCUT2D eigenvalue weighted by Crippen LogP contribution is 2.21. The molecular formula is C10H9NO3. The highest BCUT2D eigenvalue weighted by Gasteiger charge is 2.18. The molecule has 0 bridgehead atoms. The average Bonchev–Trinajstić information content (AvgIpc) is 2.16. The number of hydrogen-bond acceptors (Lipinski definition) is 4. The van der Waals surface area contributed by atoms with Crippen molar-refractivity contribution in [1.29, 1.82) is 0 Å². The van der Waals surface area contributed by atoms with Crippen molar-refractivity contribution < 1.29 is 14.3 Å². The number of pyridine rings is 1. The second-order valence-corrected chi connectivity index (χ2v) is 3.25. The molecule has 0 N–H and O–H groups in total. The van der Waals surface area contributed by atoms with E-state index in [9.17, 15) is 9.59 Å². The summed E-state index contributed by atoms with van der Waals surface area (Å²) in [6.45, 7) is 1.55. The van der Waals surface area contributed by atoms with Crippen LogP contribution in [0, 0.1) is 0 Å². The third-order valence-corrected chi connectivity index (χ3v) is 2.09. The number of hydrogen-bond donors (Lipinski definition) is 0. The first-order chi connectivity index (χ1) is 6.66. The van der Waals surface area contributed by atoms with Crippen LogP contribution in [0.3, 0.4) is 0 Å². The van der Waals surface area contributed by atoms with E-state index in [0.29, 0.717) is 23.4 Å². The molecular weight excluding hydrogens is 182 g/mol. The van der Waals surface area contributed by atoms with E-state index in [1.165, 1.54) is 13.1 Å². The lowest BCUT2D eigenvalue weighted by atomic mass is 10.1. The standard InChI is InChI=1S/C10H9NO3/c1-6(12)8-2-7-3-9(13)5-14-10(7)11-4-8/h2,4H,3,5H2,1H3. The Bertz CT molecular complexity index is 412. The number of ether oxygens (including phenoxy) is 1. The maximum Gasteiger partial charge on any atom is 0.217 e. The van der Waals surface area contributed by atoms with Gasteiger partial charge in [-0.25, -0.2) is 4.98 Å². The number of rotatable bonds is 1. The smallest absolute Gasteiger partial charge is 0.217 e. The SMILES string of the molecule is CC(=O)c1cnc2c(c1)CC(=O)CO2. The van der Waals surface area contributed by atoms with Crippen molar-refractivity contribution in [2.75, 3.05) is 6.61 Å². The number of carbonyl (C=O) groups excluding carboxylic acids is 2. The Hall–Kier alpha value is -1.71. The van der Waals surface area contributed by atoms with E-state index in [4.69, 9.17) is 4.74 Å². The van der Waals surface area contributed by atoms with Gasteiger partial charge in [-0.15, -0.1) is 0 Å². The molecule has 1 aromatic heterocycles. The molecule has 0 aliphatic carbocycles. The minimum Gasteiger partial charge on any atom is -0.469 e. The van der Waals surface area contributed by atoms with Gasteiger partial charge in [0.05, 0.1) is 0 Å². The summed E-state index contributed by atoms with van der Waals surface area (Å²) in [4.78, 5) is 26.1. The van der Waals surface area contributed by atoms with E-state index in [1.807, 2.05) is 0 Å². The van der Waals surface area contributed by atoms with Crippen LogP contribution in [0.2, 0.25) is 0 Å². The van der Waals surface area contributed by atoms with Gasteiger partial charge >= 0.3 is 0 Å². The molecule has 0 atom stereocenters. The Morgan fingerprint density at radius 2 is 2.36 bits per heavy atom. The first-order valence-corrected chi connectivity index (χ1v) is 4.31. The zero-order valence-corrected chi connectivity index (χ0v) is 7.74. The van der Waals surface area contributed by atoms with Crippen LogP contribution in [0.25, 0.3) is 0 Å². The van der Waals surface area contributed by atoms with Crippen molar-refractivity contribution in [2.24, 2.45) is 0 Å². The van der Waals surface area contributed by atoms with Crippen LogP contribution >= 0.6 is 0 Å². The van der Waals surface area contributed by atoms with E-state index < -0.39 is 0 Å². The molecule has 0 saturated heterocycles. The molecule has 0 aromatic carbocycles. The van der Waals surface area contributed by atoms with Gasteiger partial charge < -0.3 is 4.74 Å². The number of fused-ring (bicyclic) bond motifs is 1. The summed E-state index contributed by atoms with van der Waals surface area (Å²) >= 11 is 0. The van der Waals surface area contributed by atoms with E-state index >= 15 is 0 Å². The number of nitrogens with zero attached hydrogens (tertiary/aromatic N) is 1. The van der Waals surface area contributed by atoms with Crippen LogP contribution in [0.15, 0.2) is 12.3 Å². The molecule has 0 radical (unpaired) electrons. The van der Waals surface area contributed by atoms with E-state index in [2.05, 4.69) is 4.98 Å². The molecule has 0 saturated carbocycles. The molecule has 1 aliphatic heterocycles. The molecule has 1 aliphatic rings. The molecule has 1 aromatic rings. The Morgan fingerprint density at radius 3 is 3.07 bits per heavy atom. The van der Waals surface area contributed by atoms with E-state index in [1.54, 1.807) is 6.07 Å².